The highest BCUT2D eigenvalue weighted by Crippen LogP contribution is 2.32. The third-order valence-corrected chi connectivity index (χ3v) is 4.52. The van der Waals surface area contributed by atoms with Crippen molar-refractivity contribution in [1.29, 1.82) is 0 Å². The van der Waals surface area contributed by atoms with Crippen LogP contribution < -0.4 is 5.32 Å². The summed E-state index contributed by atoms with van der Waals surface area (Å²) in [5, 5.41) is 5.64. The van der Waals surface area contributed by atoms with Gasteiger partial charge in [-0.1, -0.05) is 35.0 Å². The van der Waals surface area contributed by atoms with Crippen LogP contribution in [0.25, 0.3) is 10.4 Å². The standard InChI is InChI=1S/C14H16BrNS/c1-3-16-8-12-9-17-14(10(12)2)11-4-6-13(15)7-5-11/h4-7,9,16H,3,8H2,1-2H3. The van der Waals surface area contributed by atoms with Crippen LogP contribution in [0.4, 0.5) is 0 Å². The molecule has 1 aromatic heterocycles. The molecule has 0 aliphatic rings. The van der Waals surface area contributed by atoms with Crippen LogP contribution in [0, 0.1) is 6.92 Å². The average Bonchev–Trinajstić information content (AvgIpc) is 2.69. The molecule has 0 saturated heterocycles. The van der Waals surface area contributed by atoms with Gasteiger partial charge in [-0.05, 0) is 47.7 Å². The van der Waals surface area contributed by atoms with Crippen LogP contribution in [0.1, 0.15) is 18.1 Å². The van der Waals surface area contributed by atoms with E-state index < -0.39 is 0 Å². The number of benzene rings is 1. The molecular weight excluding hydrogens is 294 g/mol. The summed E-state index contributed by atoms with van der Waals surface area (Å²) < 4.78 is 1.13. The Morgan fingerprint density at radius 3 is 2.59 bits per heavy atom. The summed E-state index contributed by atoms with van der Waals surface area (Å²) in [5.41, 5.74) is 4.12. The van der Waals surface area contributed by atoms with E-state index in [0.717, 1.165) is 17.6 Å². The molecular formula is C14H16BrNS. The third kappa shape index (κ3) is 2.97. The Bertz CT molecular complexity index is 487. The van der Waals surface area contributed by atoms with Crippen molar-refractivity contribution in [2.45, 2.75) is 20.4 Å². The molecule has 0 aliphatic carbocycles. The zero-order chi connectivity index (χ0) is 12.3. The van der Waals surface area contributed by atoms with Crippen LogP contribution in [0.5, 0.6) is 0 Å². The topological polar surface area (TPSA) is 12.0 Å². The lowest BCUT2D eigenvalue weighted by atomic mass is 10.1. The van der Waals surface area contributed by atoms with E-state index in [1.54, 1.807) is 0 Å². The van der Waals surface area contributed by atoms with Crippen LogP contribution in [-0.4, -0.2) is 6.54 Å². The molecule has 0 spiro atoms. The molecule has 0 unspecified atom stereocenters. The molecule has 1 aromatic carbocycles. The molecule has 1 heterocycles. The van der Waals surface area contributed by atoms with Gasteiger partial charge in [0.25, 0.3) is 0 Å². The van der Waals surface area contributed by atoms with Gasteiger partial charge in [0, 0.05) is 15.9 Å². The van der Waals surface area contributed by atoms with E-state index in [2.05, 4.69) is 64.7 Å². The van der Waals surface area contributed by atoms with E-state index >= 15 is 0 Å². The van der Waals surface area contributed by atoms with E-state index in [1.807, 2.05) is 11.3 Å². The van der Waals surface area contributed by atoms with E-state index in [4.69, 9.17) is 0 Å². The fraction of sp³-hybridized carbons (Fsp3) is 0.286. The first-order valence-electron chi connectivity index (χ1n) is 5.76. The van der Waals surface area contributed by atoms with Crippen LogP contribution >= 0.6 is 27.3 Å². The number of hydrogen-bond acceptors (Lipinski definition) is 2. The summed E-state index contributed by atoms with van der Waals surface area (Å²) >= 11 is 5.30. The normalized spacial score (nSPS) is 10.8. The molecule has 0 fully saturated rings. The molecule has 0 atom stereocenters. The third-order valence-electron chi connectivity index (χ3n) is 2.81. The van der Waals surface area contributed by atoms with E-state index in [1.165, 1.54) is 21.6 Å². The highest BCUT2D eigenvalue weighted by Gasteiger charge is 2.08. The molecule has 0 saturated carbocycles. The predicted octanol–water partition coefficient (Wildman–Crippen LogP) is 4.60. The second kappa shape index (κ2) is 5.80. The van der Waals surface area contributed by atoms with Gasteiger partial charge in [0.1, 0.15) is 0 Å². The first-order valence-corrected chi connectivity index (χ1v) is 7.43. The van der Waals surface area contributed by atoms with Crippen molar-refractivity contribution in [3.05, 3.63) is 45.2 Å². The van der Waals surface area contributed by atoms with Crippen molar-refractivity contribution < 1.29 is 0 Å². The Balaban J connectivity index is 2.27. The molecule has 2 rings (SSSR count). The maximum atomic E-state index is 3.47. The molecule has 0 radical (unpaired) electrons. The van der Waals surface area contributed by atoms with Gasteiger partial charge in [-0.15, -0.1) is 11.3 Å². The quantitative estimate of drug-likeness (QED) is 0.870. The monoisotopic (exact) mass is 309 g/mol. The van der Waals surface area contributed by atoms with Gasteiger partial charge < -0.3 is 5.32 Å². The van der Waals surface area contributed by atoms with E-state index in [-0.39, 0.29) is 0 Å². The molecule has 0 aliphatic heterocycles. The molecule has 3 heteroatoms. The Kier molecular flexibility index (Phi) is 4.37. The smallest absolute Gasteiger partial charge is 0.0375 e. The highest BCUT2D eigenvalue weighted by molar-refractivity contribution is 9.10. The van der Waals surface area contributed by atoms with Crippen molar-refractivity contribution >= 4 is 27.3 Å². The van der Waals surface area contributed by atoms with Gasteiger partial charge in [-0.2, -0.15) is 0 Å². The molecule has 0 bridgehead atoms. The molecule has 90 valence electrons. The average molecular weight is 310 g/mol. The number of thiophene rings is 1. The lowest BCUT2D eigenvalue weighted by molar-refractivity contribution is 0.726. The first kappa shape index (κ1) is 12.8. The summed E-state index contributed by atoms with van der Waals surface area (Å²) in [6.07, 6.45) is 0. The molecule has 1 N–H and O–H groups in total. The molecule has 1 nitrogen and oxygen atoms in total. The largest absolute Gasteiger partial charge is 0.313 e. The number of halogens is 1. The van der Waals surface area contributed by atoms with Crippen LogP contribution in [0.3, 0.4) is 0 Å². The maximum Gasteiger partial charge on any atom is 0.0375 e. The van der Waals surface area contributed by atoms with Gasteiger partial charge in [-0.25, -0.2) is 0 Å². The Morgan fingerprint density at radius 2 is 1.94 bits per heavy atom. The zero-order valence-corrected chi connectivity index (χ0v) is 12.5. The summed E-state index contributed by atoms with van der Waals surface area (Å²) in [7, 11) is 0. The minimum atomic E-state index is 0.968. The van der Waals surface area contributed by atoms with Crippen molar-refractivity contribution in [3.63, 3.8) is 0 Å². The van der Waals surface area contributed by atoms with Gasteiger partial charge in [-0.3, -0.25) is 0 Å². The molecule has 17 heavy (non-hydrogen) atoms. The number of nitrogens with one attached hydrogen (secondary N) is 1. The van der Waals surface area contributed by atoms with Crippen molar-refractivity contribution in [3.8, 4) is 10.4 Å². The van der Waals surface area contributed by atoms with E-state index in [9.17, 15) is 0 Å². The number of rotatable bonds is 4. The van der Waals surface area contributed by atoms with Crippen LogP contribution in [0.15, 0.2) is 34.1 Å². The van der Waals surface area contributed by atoms with Crippen LogP contribution in [-0.2, 0) is 6.54 Å². The lowest BCUT2D eigenvalue weighted by Crippen LogP contribution is -2.11. The summed E-state index contributed by atoms with van der Waals surface area (Å²) in [4.78, 5) is 1.38. The number of hydrogen-bond donors (Lipinski definition) is 1. The Labute approximate surface area is 115 Å². The molecule has 0 amide bonds. The van der Waals surface area contributed by atoms with Crippen molar-refractivity contribution in [2.75, 3.05) is 6.54 Å². The van der Waals surface area contributed by atoms with Gasteiger partial charge in [0.15, 0.2) is 0 Å². The lowest BCUT2D eigenvalue weighted by Gasteiger charge is -2.03. The summed E-state index contributed by atoms with van der Waals surface area (Å²) in [6, 6.07) is 8.52. The van der Waals surface area contributed by atoms with Crippen LogP contribution in [0.2, 0.25) is 0 Å². The van der Waals surface area contributed by atoms with Crippen molar-refractivity contribution in [2.24, 2.45) is 0 Å². The fourth-order valence-electron chi connectivity index (χ4n) is 1.77. The first-order chi connectivity index (χ1) is 8.22. The second-order valence-electron chi connectivity index (χ2n) is 4.00. The zero-order valence-electron chi connectivity index (χ0n) is 10.1. The van der Waals surface area contributed by atoms with Gasteiger partial charge in [0.05, 0.1) is 0 Å². The summed E-state index contributed by atoms with van der Waals surface area (Å²) in [5.74, 6) is 0. The SMILES string of the molecule is CCNCc1csc(-c2ccc(Br)cc2)c1C. The van der Waals surface area contributed by atoms with Crippen molar-refractivity contribution in [1.82, 2.24) is 5.32 Å². The fourth-order valence-corrected chi connectivity index (χ4v) is 3.14. The molecule has 2 aromatic rings. The summed E-state index contributed by atoms with van der Waals surface area (Å²) in [6.45, 7) is 6.33. The minimum Gasteiger partial charge on any atom is -0.313 e. The second-order valence-corrected chi connectivity index (χ2v) is 5.80. The highest BCUT2D eigenvalue weighted by atomic mass is 79.9. The van der Waals surface area contributed by atoms with E-state index in [0.29, 0.717) is 0 Å². The Morgan fingerprint density at radius 1 is 1.24 bits per heavy atom. The van der Waals surface area contributed by atoms with Gasteiger partial charge in [0.2, 0.25) is 0 Å². The predicted molar refractivity (Wildman–Crippen MR) is 79.6 cm³/mol. The minimum absolute atomic E-state index is 0.968. The maximum absolute atomic E-state index is 3.47. The van der Waals surface area contributed by atoms with Gasteiger partial charge >= 0.3 is 0 Å². The Hall–Kier alpha value is -0.640.